The summed E-state index contributed by atoms with van der Waals surface area (Å²) in [6.45, 7) is 3.66. The summed E-state index contributed by atoms with van der Waals surface area (Å²) in [5.41, 5.74) is 1.16. The van der Waals surface area contributed by atoms with Crippen molar-refractivity contribution in [2.24, 2.45) is 0 Å². The van der Waals surface area contributed by atoms with E-state index in [0.29, 0.717) is 12.2 Å². The van der Waals surface area contributed by atoms with Crippen LogP contribution in [-0.2, 0) is 21.3 Å². The Labute approximate surface area is 146 Å². The van der Waals surface area contributed by atoms with Crippen LogP contribution in [0.2, 0.25) is 0 Å². The molecule has 2 aromatic carbocycles. The molecule has 25 heavy (non-hydrogen) atoms. The van der Waals surface area contributed by atoms with Crippen molar-refractivity contribution >= 4 is 16.1 Å². The minimum atomic E-state index is -4.07. The average Bonchev–Trinajstić information content (AvgIpc) is 2.62. The number of ether oxygens (including phenoxy) is 2. The standard InChI is InChI=1S/C18H18O6S/c1-4-5-13-6-11-16(17(12-13)22-2)24-25(20,21)15-9-7-14(8-10-15)18(19)23-3/h4,6-12H,1,5H2,2-3H3. The van der Waals surface area contributed by atoms with Gasteiger partial charge in [-0.15, -0.1) is 6.58 Å². The van der Waals surface area contributed by atoms with E-state index in [-0.39, 0.29) is 16.2 Å². The molecule has 0 bridgehead atoms. The van der Waals surface area contributed by atoms with E-state index in [2.05, 4.69) is 11.3 Å². The number of esters is 1. The molecule has 0 atom stereocenters. The predicted molar refractivity (Wildman–Crippen MR) is 92.5 cm³/mol. The van der Waals surface area contributed by atoms with Gasteiger partial charge in [0.25, 0.3) is 0 Å². The first-order valence-corrected chi connectivity index (χ1v) is 8.72. The zero-order valence-electron chi connectivity index (χ0n) is 13.9. The molecule has 0 aromatic heterocycles. The number of rotatable bonds is 7. The monoisotopic (exact) mass is 362 g/mol. The van der Waals surface area contributed by atoms with Crippen molar-refractivity contribution < 1.29 is 26.9 Å². The van der Waals surface area contributed by atoms with Gasteiger partial charge in [-0.1, -0.05) is 12.1 Å². The first kappa shape index (κ1) is 18.5. The molecule has 0 saturated carbocycles. The minimum Gasteiger partial charge on any atom is -0.493 e. The number of hydrogen-bond donors (Lipinski definition) is 0. The first-order chi connectivity index (χ1) is 11.9. The van der Waals surface area contributed by atoms with E-state index in [0.717, 1.165) is 5.56 Å². The molecule has 132 valence electrons. The van der Waals surface area contributed by atoms with Gasteiger partial charge in [0.1, 0.15) is 4.90 Å². The summed E-state index contributed by atoms with van der Waals surface area (Å²) in [6.07, 6.45) is 2.35. The van der Waals surface area contributed by atoms with Crippen molar-refractivity contribution in [2.45, 2.75) is 11.3 Å². The Hall–Kier alpha value is -2.80. The fourth-order valence-corrected chi connectivity index (χ4v) is 3.06. The third kappa shape index (κ3) is 4.39. The molecule has 0 aliphatic rings. The van der Waals surface area contributed by atoms with Crippen LogP contribution in [0, 0.1) is 0 Å². The van der Waals surface area contributed by atoms with Gasteiger partial charge in [-0.3, -0.25) is 0 Å². The van der Waals surface area contributed by atoms with Crippen molar-refractivity contribution in [3.05, 3.63) is 66.2 Å². The number of allylic oxidation sites excluding steroid dienone is 1. The molecule has 0 saturated heterocycles. The van der Waals surface area contributed by atoms with Gasteiger partial charge < -0.3 is 13.7 Å². The molecule has 2 rings (SSSR count). The fourth-order valence-electron chi connectivity index (χ4n) is 2.12. The van der Waals surface area contributed by atoms with Crippen LogP contribution in [0.1, 0.15) is 15.9 Å². The maximum atomic E-state index is 12.4. The van der Waals surface area contributed by atoms with E-state index in [1.165, 1.54) is 44.6 Å². The first-order valence-electron chi connectivity index (χ1n) is 7.32. The van der Waals surface area contributed by atoms with E-state index in [1.54, 1.807) is 18.2 Å². The molecule has 0 radical (unpaired) electrons. The highest BCUT2D eigenvalue weighted by atomic mass is 32.2. The molecule has 2 aromatic rings. The number of benzene rings is 2. The highest BCUT2D eigenvalue weighted by molar-refractivity contribution is 7.87. The van der Waals surface area contributed by atoms with E-state index in [9.17, 15) is 13.2 Å². The maximum absolute atomic E-state index is 12.4. The number of hydrogen-bond acceptors (Lipinski definition) is 6. The summed E-state index contributed by atoms with van der Waals surface area (Å²) >= 11 is 0. The Morgan fingerprint density at radius 3 is 2.32 bits per heavy atom. The molecule has 0 amide bonds. The molecule has 7 heteroatoms. The van der Waals surface area contributed by atoms with Crippen LogP contribution in [0.15, 0.2) is 60.0 Å². The average molecular weight is 362 g/mol. The van der Waals surface area contributed by atoms with E-state index in [4.69, 9.17) is 8.92 Å². The van der Waals surface area contributed by atoms with Gasteiger partial charge in [-0.25, -0.2) is 4.79 Å². The number of carbonyl (C=O) groups excluding carboxylic acids is 1. The lowest BCUT2D eigenvalue weighted by atomic mass is 10.1. The van der Waals surface area contributed by atoms with Crippen LogP contribution in [-0.4, -0.2) is 28.6 Å². The largest absolute Gasteiger partial charge is 0.493 e. The molecular formula is C18H18O6S. The molecule has 0 N–H and O–H groups in total. The zero-order chi connectivity index (χ0) is 18.4. The quantitative estimate of drug-likeness (QED) is 0.428. The summed E-state index contributed by atoms with van der Waals surface area (Å²) in [6, 6.07) is 10.2. The van der Waals surface area contributed by atoms with E-state index < -0.39 is 16.1 Å². The number of carbonyl (C=O) groups is 1. The second-order valence-corrected chi connectivity index (χ2v) is 6.58. The zero-order valence-corrected chi connectivity index (χ0v) is 14.7. The summed E-state index contributed by atoms with van der Waals surface area (Å²) in [7, 11) is -1.40. The predicted octanol–water partition coefficient (Wildman–Crippen LogP) is 2.98. The Bertz CT molecular complexity index is 869. The van der Waals surface area contributed by atoms with Crippen molar-refractivity contribution in [1.29, 1.82) is 0 Å². The van der Waals surface area contributed by atoms with Crippen LogP contribution in [0.5, 0.6) is 11.5 Å². The second kappa shape index (κ2) is 7.85. The molecule has 0 heterocycles. The lowest BCUT2D eigenvalue weighted by Gasteiger charge is -2.12. The summed E-state index contributed by atoms with van der Waals surface area (Å²) in [5, 5.41) is 0. The van der Waals surface area contributed by atoms with Crippen LogP contribution in [0.4, 0.5) is 0 Å². The van der Waals surface area contributed by atoms with E-state index >= 15 is 0 Å². The van der Waals surface area contributed by atoms with Gasteiger partial charge in [-0.05, 0) is 48.4 Å². The third-order valence-electron chi connectivity index (χ3n) is 3.37. The maximum Gasteiger partial charge on any atom is 0.339 e. The lowest BCUT2D eigenvalue weighted by molar-refractivity contribution is 0.0600. The third-order valence-corrected chi connectivity index (χ3v) is 4.62. The van der Waals surface area contributed by atoms with Crippen molar-refractivity contribution in [2.75, 3.05) is 14.2 Å². The fraction of sp³-hybridized carbons (Fsp3) is 0.167. The van der Waals surface area contributed by atoms with Gasteiger partial charge >= 0.3 is 16.1 Å². The van der Waals surface area contributed by atoms with Gasteiger partial charge in [0.15, 0.2) is 11.5 Å². The molecule has 0 aliphatic heterocycles. The molecule has 0 unspecified atom stereocenters. The van der Waals surface area contributed by atoms with Crippen molar-refractivity contribution in [3.8, 4) is 11.5 Å². The van der Waals surface area contributed by atoms with Crippen LogP contribution in [0.3, 0.4) is 0 Å². The molecule has 0 spiro atoms. The topological polar surface area (TPSA) is 78.9 Å². The van der Waals surface area contributed by atoms with Crippen molar-refractivity contribution in [3.63, 3.8) is 0 Å². The summed E-state index contributed by atoms with van der Waals surface area (Å²) in [5.74, 6) is -0.175. The minimum absolute atomic E-state index is 0.0763. The van der Waals surface area contributed by atoms with Gasteiger partial charge in [-0.2, -0.15) is 8.42 Å². The van der Waals surface area contributed by atoms with Crippen LogP contribution < -0.4 is 8.92 Å². The van der Waals surface area contributed by atoms with E-state index in [1.807, 2.05) is 0 Å². The Morgan fingerprint density at radius 2 is 1.76 bits per heavy atom. The smallest absolute Gasteiger partial charge is 0.339 e. The van der Waals surface area contributed by atoms with Gasteiger partial charge in [0.2, 0.25) is 0 Å². The van der Waals surface area contributed by atoms with Gasteiger partial charge in [0, 0.05) is 0 Å². The number of methoxy groups -OCH3 is 2. The SMILES string of the molecule is C=CCc1ccc(OS(=O)(=O)c2ccc(C(=O)OC)cc2)c(OC)c1. The van der Waals surface area contributed by atoms with Crippen LogP contribution >= 0.6 is 0 Å². The molecule has 6 nitrogen and oxygen atoms in total. The Kier molecular flexibility index (Phi) is 5.82. The Morgan fingerprint density at radius 1 is 1.08 bits per heavy atom. The van der Waals surface area contributed by atoms with Gasteiger partial charge in [0.05, 0.1) is 19.8 Å². The second-order valence-electron chi connectivity index (χ2n) is 5.03. The van der Waals surface area contributed by atoms with Crippen LogP contribution in [0.25, 0.3) is 0 Å². The normalized spacial score (nSPS) is 10.8. The molecule has 0 fully saturated rings. The van der Waals surface area contributed by atoms with Crippen molar-refractivity contribution in [1.82, 2.24) is 0 Å². The summed E-state index contributed by atoms with van der Waals surface area (Å²) < 4.78 is 39.8. The molecule has 0 aliphatic carbocycles. The molecular weight excluding hydrogens is 344 g/mol. The summed E-state index contributed by atoms with van der Waals surface area (Å²) in [4.78, 5) is 11.3. The lowest BCUT2D eigenvalue weighted by Crippen LogP contribution is -2.11. The highest BCUT2D eigenvalue weighted by Gasteiger charge is 2.20. The Balaban J connectivity index is 2.29. The highest BCUT2D eigenvalue weighted by Crippen LogP contribution is 2.31.